The Kier molecular flexibility index (Phi) is 4.92. The van der Waals surface area contributed by atoms with Gasteiger partial charge in [0.05, 0.1) is 0 Å². The minimum Gasteiger partial charge on any atom is -0.321 e. The van der Waals surface area contributed by atoms with Crippen molar-refractivity contribution in [3.63, 3.8) is 0 Å². The minimum atomic E-state index is -3.66. The molecule has 0 unspecified atom stereocenters. The van der Waals surface area contributed by atoms with E-state index >= 15 is 0 Å². The lowest BCUT2D eigenvalue weighted by Gasteiger charge is -2.15. The Morgan fingerprint density at radius 3 is 2.77 bits per heavy atom. The van der Waals surface area contributed by atoms with E-state index in [9.17, 15) is 13.2 Å². The summed E-state index contributed by atoms with van der Waals surface area (Å²) in [5, 5.41) is 11.7. The van der Waals surface area contributed by atoms with Gasteiger partial charge in [0.25, 0.3) is 5.91 Å². The second-order valence-corrected chi connectivity index (χ2v) is 10.4. The highest BCUT2D eigenvalue weighted by atomic mass is 32.2. The number of aromatic nitrogens is 3. The average Bonchev–Trinajstić information content (AvgIpc) is 3.20. The van der Waals surface area contributed by atoms with Crippen molar-refractivity contribution in [1.82, 2.24) is 19.5 Å². The van der Waals surface area contributed by atoms with Gasteiger partial charge in [0.1, 0.15) is 15.6 Å². The highest BCUT2D eigenvalue weighted by Crippen LogP contribution is 2.38. The smallest absolute Gasteiger partial charge is 0.267 e. The van der Waals surface area contributed by atoms with E-state index in [1.165, 1.54) is 10.4 Å². The predicted octanol–water partition coefficient (Wildman–Crippen LogP) is 3.45. The number of sulfonamides is 1. The van der Waals surface area contributed by atoms with Crippen molar-refractivity contribution >= 4 is 33.0 Å². The second kappa shape index (κ2) is 7.60. The Morgan fingerprint density at radius 2 is 2.00 bits per heavy atom. The molecular weight excluding hydrogens is 422 g/mol. The molecule has 156 valence electrons. The lowest BCUT2D eigenvalue weighted by Crippen LogP contribution is -2.29. The number of carbonyl (C=O) groups is 1. The van der Waals surface area contributed by atoms with E-state index in [-0.39, 0.29) is 9.77 Å². The summed E-state index contributed by atoms with van der Waals surface area (Å²) < 4.78 is 27.3. The molecule has 0 atom stereocenters. The number of amides is 1. The summed E-state index contributed by atoms with van der Waals surface area (Å²) >= 11 is 1.13. The summed E-state index contributed by atoms with van der Waals surface area (Å²) in [6.45, 7) is 1.00. The lowest BCUT2D eigenvalue weighted by molar-refractivity contribution is 0.102. The third-order valence-electron chi connectivity index (χ3n) is 5.36. The zero-order chi connectivity index (χ0) is 20.7. The summed E-state index contributed by atoms with van der Waals surface area (Å²) in [5.41, 5.74) is 1.35. The van der Waals surface area contributed by atoms with Gasteiger partial charge in [-0.25, -0.2) is 13.4 Å². The second-order valence-electron chi connectivity index (χ2n) is 7.58. The van der Waals surface area contributed by atoms with Crippen molar-refractivity contribution in [1.29, 1.82) is 0 Å². The topological polar surface area (TPSA) is 108 Å². The highest BCUT2D eigenvalue weighted by molar-refractivity contribution is 7.89. The molecule has 0 spiro atoms. The van der Waals surface area contributed by atoms with Crippen LogP contribution >= 0.6 is 11.3 Å². The number of benzene rings is 1. The van der Waals surface area contributed by atoms with Gasteiger partial charge in [-0.1, -0.05) is 12.1 Å². The number of hydrogen-bond donors (Lipinski definition) is 2. The Labute approximate surface area is 178 Å². The SMILES string of the molecule is O=C(Nc1cccc(-c2n[nH]c(C3CC3)n2)c1)c1sccc1S(=O)(=O)N1CCCC1. The monoisotopic (exact) mass is 443 g/mol. The van der Waals surface area contributed by atoms with Crippen LogP contribution in [0.15, 0.2) is 40.6 Å². The zero-order valence-electron chi connectivity index (χ0n) is 16.2. The molecule has 1 aliphatic heterocycles. The first-order valence-corrected chi connectivity index (χ1v) is 12.3. The van der Waals surface area contributed by atoms with Gasteiger partial charge in [0.2, 0.25) is 10.0 Å². The highest BCUT2D eigenvalue weighted by Gasteiger charge is 2.32. The molecule has 3 aromatic rings. The number of rotatable bonds is 6. The maximum absolute atomic E-state index is 12.9. The number of hydrogen-bond acceptors (Lipinski definition) is 6. The van der Waals surface area contributed by atoms with E-state index in [0.29, 0.717) is 30.5 Å². The van der Waals surface area contributed by atoms with E-state index in [4.69, 9.17) is 0 Å². The van der Waals surface area contributed by atoms with Gasteiger partial charge in [0, 0.05) is 30.3 Å². The molecule has 1 aliphatic carbocycles. The van der Waals surface area contributed by atoms with Crippen molar-refractivity contribution in [3.05, 3.63) is 46.4 Å². The van der Waals surface area contributed by atoms with Crippen LogP contribution in [0, 0.1) is 0 Å². The standard InChI is InChI=1S/C20H21N5O3S2/c26-20(17-16(8-11-29-17)30(27,28)25-9-1-2-10-25)21-15-5-3-4-14(12-15)19-22-18(23-24-19)13-6-7-13/h3-5,8,11-13H,1-2,6-7,9-10H2,(H,21,26)(H,22,23,24). The number of thiophene rings is 1. The summed E-state index contributed by atoms with van der Waals surface area (Å²) in [4.78, 5) is 17.7. The molecule has 2 fully saturated rings. The van der Waals surface area contributed by atoms with Crippen LogP contribution in [-0.4, -0.2) is 46.9 Å². The molecule has 0 bridgehead atoms. The Balaban J connectivity index is 1.37. The Morgan fingerprint density at radius 1 is 1.20 bits per heavy atom. The van der Waals surface area contributed by atoms with E-state index in [2.05, 4.69) is 20.5 Å². The molecular formula is C20H21N5O3S2. The van der Waals surface area contributed by atoms with Gasteiger partial charge in [-0.2, -0.15) is 9.40 Å². The number of aromatic amines is 1. The fraction of sp³-hybridized carbons (Fsp3) is 0.350. The van der Waals surface area contributed by atoms with Crippen LogP contribution in [0.3, 0.4) is 0 Å². The number of H-pyrrole nitrogens is 1. The van der Waals surface area contributed by atoms with E-state index in [0.717, 1.165) is 48.4 Å². The van der Waals surface area contributed by atoms with Gasteiger partial charge in [0.15, 0.2) is 5.82 Å². The maximum Gasteiger partial charge on any atom is 0.267 e. The number of carbonyl (C=O) groups excluding carboxylic acids is 1. The molecule has 5 rings (SSSR count). The molecule has 8 nitrogen and oxygen atoms in total. The Bertz CT molecular complexity index is 1190. The summed E-state index contributed by atoms with van der Waals surface area (Å²) in [5.74, 6) is 1.52. The summed E-state index contributed by atoms with van der Waals surface area (Å²) in [7, 11) is -3.66. The fourth-order valence-electron chi connectivity index (χ4n) is 3.60. The quantitative estimate of drug-likeness (QED) is 0.607. The van der Waals surface area contributed by atoms with Gasteiger partial charge < -0.3 is 5.32 Å². The predicted molar refractivity (Wildman–Crippen MR) is 114 cm³/mol. The molecule has 30 heavy (non-hydrogen) atoms. The van der Waals surface area contributed by atoms with Crippen LogP contribution in [0.2, 0.25) is 0 Å². The molecule has 1 saturated carbocycles. The van der Waals surface area contributed by atoms with Crippen molar-refractivity contribution in [3.8, 4) is 11.4 Å². The first kappa shape index (κ1) is 19.4. The molecule has 3 heterocycles. The van der Waals surface area contributed by atoms with Gasteiger partial charge in [-0.05, 0) is 49.3 Å². The third-order valence-corrected chi connectivity index (χ3v) is 8.35. The van der Waals surface area contributed by atoms with Crippen molar-refractivity contribution in [2.75, 3.05) is 18.4 Å². The number of nitrogens with one attached hydrogen (secondary N) is 2. The molecule has 1 saturated heterocycles. The van der Waals surface area contributed by atoms with Crippen LogP contribution in [0.25, 0.3) is 11.4 Å². The molecule has 2 aromatic heterocycles. The first-order valence-electron chi connectivity index (χ1n) is 9.94. The van der Waals surface area contributed by atoms with Crippen LogP contribution in [0.4, 0.5) is 5.69 Å². The normalized spacial score (nSPS) is 17.3. The largest absolute Gasteiger partial charge is 0.321 e. The molecule has 10 heteroatoms. The van der Waals surface area contributed by atoms with Gasteiger partial charge in [-0.3, -0.25) is 9.89 Å². The van der Waals surface area contributed by atoms with Crippen LogP contribution < -0.4 is 5.32 Å². The van der Waals surface area contributed by atoms with Gasteiger partial charge >= 0.3 is 0 Å². The first-order chi connectivity index (χ1) is 14.5. The average molecular weight is 444 g/mol. The number of anilines is 1. The molecule has 0 radical (unpaired) electrons. The Hall–Kier alpha value is -2.56. The van der Waals surface area contributed by atoms with E-state index in [1.807, 2.05) is 12.1 Å². The van der Waals surface area contributed by atoms with E-state index < -0.39 is 15.9 Å². The minimum absolute atomic E-state index is 0.0751. The summed E-state index contributed by atoms with van der Waals surface area (Å²) in [6.07, 6.45) is 3.96. The lowest BCUT2D eigenvalue weighted by atomic mass is 10.2. The molecule has 1 aromatic carbocycles. The zero-order valence-corrected chi connectivity index (χ0v) is 17.8. The van der Waals surface area contributed by atoms with Crippen molar-refractivity contribution < 1.29 is 13.2 Å². The third kappa shape index (κ3) is 3.66. The van der Waals surface area contributed by atoms with Crippen LogP contribution in [-0.2, 0) is 10.0 Å². The fourth-order valence-corrected chi connectivity index (χ4v) is 6.41. The number of nitrogens with zero attached hydrogens (tertiary/aromatic N) is 3. The van der Waals surface area contributed by atoms with E-state index in [1.54, 1.807) is 17.5 Å². The van der Waals surface area contributed by atoms with Crippen LogP contribution in [0.5, 0.6) is 0 Å². The van der Waals surface area contributed by atoms with Crippen molar-refractivity contribution in [2.24, 2.45) is 0 Å². The van der Waals surface area contributed by atoms with Gasteiger partial charge in [-0.15, -0.1) is 11.3 Å². The molecule has 2 N–H and O–H groups in total. The molecule has 2 aliphatic rings. The van der Waals surface area contributed by atoms with Crippen molar-refractivity contribution in [2.45, 2.75) is 36.5 Å². The maximum atomic E-state index is 12.9. The van der Waals surface area contributed by atoms with Crippen LogP contribution in [0.1, 0.15) is 47.1 Å². The molecule has 1 amide bonds. The summed E-state index contributed by atoms with van der Waals surface area (Å²) in [6, 6.07) is 8.76.